The van der Waals surface area contributed by atoms with E-state index in [1.807, 2.05) is 24.1 Å². The van der Waals surface area contributed by atoms with Crippen molar-refractivity contribution in [1.29, 1.82) is 0 Å². The van der Waals surface area contributed by atoms with E-state index in [0.29, 0.717) is 19.0 Å². The molecule has 2 amide bonds. The van der Waals surface area contributed by atoms with E-state index in [1.54, 1.807) is 17.5 Å². The Labute approximate surface area is 155 Å². The molecule has 25 heavy (non-hydrogen) atoms. The van der Waals surface area contributed by atoms with E-state index in [0.717, 1.165) is 33.4 Å². The molecular formula is C17H22N4O2S2. The third-order valence-corrected chi connectivity index (χ3v) is 6.39. The largest absolute Gasteiger partial charge is 0.347 e. The van der Waals surface area contributed by atoms with Crippen LogP contribution >= 0.6 is 22.7 Å². The van der Waals surface area contributed by atoms with Gasteiger partial charge in [-0.05, 0) is 32.6 Å². The third-order valence-electron chi connectivity index (χ3n) is 4.47. The van der Waals surface area contributed by atoms with Gasteiger partial charge in [-0.2, -0.15) is 0 Å². The molecule has 8 heteroatoms. The molecule has 1 aliphatic rings. The van der Waals surface area contributed by atoms with E-state index in [9.17, 15) is 9.59 Å². The van der Waals surface area contributed by atoms with E-state index in [4.69, 9.17) is 0 Å². The van der Waals surface area contributed by atoms with Crippen LogP contribution in [-0.4, -0.2) is 39.8 Å². The van der Waals surface area contributed by atoms with Crippen LogP contribution in [0.4, 0.5) is 0 Å². The molecule has 0 spiro atoms. The molecule has 3 rings (SSSR count). The van der Waals surface area contributed by atoms with Crippen LogP contribution in [0.3, 0.4) is 0 Å². The standard InChI is InChI=1S/C17H22N4O2S2/c1-10-15(25-12(3)19-10)17(23)21-7-4-13(5-8-21)14(20-11(2)22)16-18-6-9-24-16/h6,9,13-14H,4-5,7-8H2,1-3H3,(H,20,22)/t14-/m1/s1. The van der Waals surface area contributed by atoms with Crippen LogP contribution in [0.1, 0.15) is 51.2 Å². The molecule has 1 saturated heterocycles. The Morgan fingerprint density at radius 3 is 2.56 bits per heavy atom. The number of hydrogen-bond donors (Lipinski definition) is 1. The van der Waals surface area contributed by atoms with Crippen molar-refractivity contribution < 1.29 is 9.59 Å². The second-order valence-corrected chi connectivity index (χ2v) is 8.45. The quantitative estimate of drug-likeness (QED) is 0.887. The Morgan fingerprint density at radius 1 is 1.32 bits per heavy atom. The van der Waals surface area contributed by atoms with Crippen LogP contribution in [-0.2, 0) is 4.79 Å². The maximum absolute atomic E-state index is 12.7. The number of thiazole rings is 2. The van der Waals surface area contributed by atoms with Gasteiger partial charge in [0.1, 0.15) is 9.88 Å². The number of amides is 2. The van der Waals surface area contributed by atoms with Crippen molar-refractivity contribution in [3.63, 3.8) is 0 Å². The number of aromatic nitrogens is 2. The Kier molecular flexibility index (Phi) is 5.48. The molecule has 0 radical (unpaired) electrons. The third kappa shape index (κ3) is 4.07. The van der Waals surface area contributed by atoms with Gasteiger partial charge in [-0.15, -0.1) is 22.7 Å². The fraction of sp³-hybridized carbons (Fsp3) is 0.529. The molecule has 0 bridgehead atoms. The summed E-state index contributed by atoms with van der Waals surface area (Å²) in [5, 5.41) is 6.83. The fourth-order valence-corrected chi connectivity index (χ4v) is 4.97. The molecule has 1 N–H and O–H groups in total. The van der Waals surface area contributed by atoms with E-state index in [2.05, 4.69) is 15.3 Å². The first-order valence-electron chi connectivity index (χ1n) is 8.35. The van der Waals surface area contributed by atoms with Gasteiger partial charge >= 0.3 is 0 Å². The van der Waals surface area contributed by atoms with Crippen LogP contribution in [0.25, 0.3) is 0 Å². The molecule has 6 nitrogen and oxygen atoms in total. The summed E-state index contributed by atoms with van der Waals surface area (Å²) in [6.07, 6.45) is 3.47. The number of rotatable bonds is 4. The summed E-state index contributed by atoms with van der Waals surface area (Å²) in [6.45, 7) is 6.74. The van der Waals surface area contributed by atoms with Crippen LogP contribution < -0.4 is 5.32 Å². The van der Waals surface area contributed by atoms with Gasteiger partial charge < -0.3 is 10.2 Å². The fourth-order valence-electron chi connectivity index (χ4n) is 3.30. The van der Waals surface area contributed by atoms with E-state index >= 15 is 0 Å². The number of carbonyl (C=O) groups is 2. The highest BCUT2D eigenvalue weighted by molar-refractivity contribution is 7.13. The topological polar surface area (TPSA) is 75.2 Å². The first-order chi connectivity index (χ1) is 12.0. The summed E-state index contributed by atoms with van der Waals surface area (Å²) in [4.78, 5) is 35.7. The molecule has 0 unspecified atom stereocenters. The number of likely N-dealkylation sites (tertiary alicyclic amines) is 1. The van der Waals surface area contributed by atoms with Crippen molar-refractivity contribution >= 4 is 34.5 Å². The zero-order chi connectivity index (χ0) is 18.0. The Hall–Kier alpha value is -1.80. The molecule has 2 aromatic rings. The van der Waals surface area contributed by atoms with Gasteiger partial charge in [0.25, 0.3) is 5.91 Å². The lowest BCUT2D eigenvalue weighted by molar-refractivity contribution is -0.120. The second kappa shape index (κ2) is 7.61. The first kappa shape index (κ1) is 18.0. The summed E-state index contributed by atoms with van der Waals surface area (Å²) < 4.78 is 0. The van der Waals surface area contributed by atoms with E-state index < -0.39 is 0 Å². The highest BCUT2D eigenvalue weighted by Crippen LogP contribution is 2.33. The lowest BCUT2D eigenvalue weighted by Crippen LogP contribution is -2.42. The molecule has 1 aliphatic heterocycles. The van der Waals surface area contributed by atoms with Crippen molar-refractivity contribution in [2.24, 2.45) is 5.92 Å². The Bertz CT molecular complexity index is 749. The summed E-state index contributed by atoms with van der Waals surface area (Å²) in [5.41, 5.74) is 0.813. The lowest BCUT2D eigenvalue weighted by atomic mass is 9.89. The number of carbonyl (C=O) groups excluding carboxylic acids is 2. The summed E-state index contributed by atoms with van der Waals surface area (Å²) in [6, 6.07) is -0.0675. The summed E-state index contributed by atoms with van der Waals surface area (Å²) in [5.74, 6) is 0.324. The van der Waals surface area contributed by atoms with Gasteiger partial charge in [0.2, 0.25) is 5.91 Å². The number of piperidine rings is 1. The SMILES string of the molecule is CC(=O)N[C@@H](c1nccs1)C1CCN(C(=O)c2sc(C)nc2C)CC1. The average Bonchev–Trinajstić information content (AvgIpc) is 3.21. The smallest absolute Gasteiger partial charge is 0.265 e. The number of nitrogens with zero attached hydrogens (tertiary/aromatic N) is 3. The highest BCUT2D eigenvalue weighted by Gasteiger charge is 2.32. The van der Waals surface area contributed by atoms with Gasteiger partial charge in [0, 0.05) is 31.6 Å². The predicted octanol–water partition coefficient (Wildman–Crippen LogP) is 2.95. The number of aryl methyl sites for hydroxylation is 2. The second-order valence-electron chi connectivity index (χ2n) is 6.33. The lowest BCUT2D eigenvalue weighted by Gasteiger charge is -2.35. The molecular weight excluding hydrogens is 356 g/mol. The molecule has 3 heterocycles. The minimum absolute atomic E-state index is 0.0468. The van der Waals surface area contributed by atoms with Crippen LogP contribution in [0.5, 0.6) is 0 Å². The maximum atomic E-state index is 12.7. The normalized spacial score (nSPS) is 16.7. The van der Waals surface area contributed by atoms with Crippen molar-refractivity contribution in [1.82, 2.24) is 20.2 Å². The molecule has 0 saturated carbocycles. The molecule has 0 aliphatic carbocycles. The molecule has 1 atom stereocenters. The minimum Gasteiger partial charge on any atom is -0.347 e. The maximum Gasteiger partial charge on any atom is 0.265 e. The predicted molar refractivity (Wildman–Crippen MR) is 98.9 cm³/mol. The van der Waals surface area contributed by atoms with Gasteiger partial charge in [0.05, 0.1) is 16.7 Å². The average molecular weight is 379 g/mol. The van der Waals surface area contributed by atoms with Gasteiger partial charge in [-0.1, -0.05) is 0 Å². The van der Waals surface area contributed by atoms with Crippen LogP contribution in [0.15, 0.2) is 11.6 Å². The van der Waals surface area contributed by atoms with Gasteiger partial charge in [-0.25, -0.2) is 9.97 Å². The number of nitrogens with one attached hydrogen (secondary N) is 1. The van der Waals surface area contributed by atoms with Gasteiger partial charge in [0.15, 0.2) is 0 Å². The van der Waals surface area contributed by atoms with E-state index in [-0.39, 0.29) is 17.9 Å². The van der Waals surface area contributed by atoms with E-state index in [1.165, 1.54) is 18.3 Å². The molecule has 1 fully saturated rings. The monoisotopic (exact) mass is 378 g/mol. The summed E-state index contributed by atoms with van der Waals surface area (Å²) in [7, 11) is 0. The van der Waals surface area contributed by atoms with Crippen molar-refractivity contribution in [3.8, 4) is 0 Å². The molecule has 134 valence electrons. The van der Waals surface area contributed by atoms with Crippen LogP contribution in [0.2, 0.25) is 0 Å². The zero-order valence-corrected chi connectivity index (χ0v) is 16.2. The Morgan fingerprint density at radius 2 is 2.04 bits per heavy atom. The Balaban J connectivity index is 1.67. The number of hydrogen-bond acceptors (Lipinski definition) is 6. The first-order valence-corrected chi connectivity index (χ1v) is 10.0. The van der Waals surface area contributed by atoms with Gasteiger partial charge in [-0.3, -0.25) is 9.59 Å². The highest BCUT2D eigenvalue weighted by atomic mass is 32.1. The summed E-state index contributed by atoms with van der Waals surface area (Å²) >= 11 is 3.02. The molecule has 0 aromatic carbocycles. The van der Waals surface area contributed by atoms with Crippen molar-refractivity contribution in [2.45, 2.75) is 39.7 Å². The van der Waals surface area contributed by atoms with Crippen molar-refractivity contribution in [2.75, 3.05) is 13.1 Å². The molecule has 2 aromatic heterocycles. The van der Waals surface area contributed by atoms with Crippen molar-refractivity contribution in [3.05, 3.63) is 32.2 Å². The van der Waals surface area contributed by atoms with Crippen LogP contribution in [0, 0.1) is 19.8 Å². The minimum atomic E-state index is -0.0675. The zero-order valence-electron chi connectivity index (χ0n) is 14.6.